The molecular weight excluding hydrogens is 464 g/mol. The smallest absolute Gasteiger partial charge is 0.257 e. The second-order valence-corrected chi connectivity index (χ2v) is 6.81. The third-order valence-corrected chi connectivity index (χ3v) is 2.73. The van der Waals surface area contributed by atoms with E-state index in [1.165, 1.54) is 12.4 Å². The van der Waals surface area contributed by atoms with Crippen LogP contribution < -0.4 is 9.13 Å². The number of ether oxygens (including phenoxy) is 1. The van der Waals surface area contributed by atoms with Crippen molar-refractivity contribution in [3.05, 3.63) is 60.2 Å². The molecule has 0 aromatic carbocycles. The monoisotopic (exact) mass is 482 g/mol. The molecule has 2 rings (SSSR count). The van der Waals surface area contributed by atoms with Gasteiger partial charge in [0.15, 0.2) is 24.8 Å². The molecule has 0 aliphatic rings. The van der Waals surface area contributed by atoms with Crippen LogP contribution in [0, 0.1) is 0 Å². The van der Waals surface area contributed by atoms with Crippen molar-refractivity contribution >= 4 is 33.2 Å². The molecule has 0 saturated carbocycles. The van der Waals surface area contributed by atoms with Gasteiger partial charge in [-0.05, 0) is 0 Å². The average molecular weight is 482 g/mol. The minimum atomic E-state index is -4.92. The van der Waals surface area contributed by atoms with Gasteiger partial charge in [0.25, 0.3) is 13.5 Å². The second-order valence-electron chi connectivity index (χ2n) is 5.10. The Bertz CT molecular complexity index is 937. The lowest BCUT2D eigenvalue weighted by Gasteiger charge is -1.98. The molecule has 0 amide bonds. The van der Waals surface area contributed by atoms with Crippen molar-refractivity contribution in [2.45, 2.75) is 13.5 Å². The molecule has 4 N–H and O–H groups in total. The minimum Gasteiger partial charge on any atom is -0.726 e. The van der Waals surface area contributed by atoms with Crippen LogP contribution in [0.4, 0.5) is 0 Å². The molecule has 0 saturated heterocycles. The van der Waals surface area contributed by atoms with Crippen LogP contribution in [0.5, 0.6) is 0 Å². The Balaban J connectivity index is 0.000000752. The van der Waals surface area contributed by atoms with E-state index in [4.69, 9.17) is 50.2 Å². The van der Waals surface area contributed by atoms with E-state index in [-0.39, 0.29) is 0 Å². The van der Waals surface area contributed by atoms with E-state index in [0.717, 1.165) is 11.1 Å². The second kappa shape index (κ2) is 14.0. The number of hydrogen-bond acceptors (Lipinski definition) is 11. The third kappa shape index (κ3) is 20.0. The van der Waals surface area contributed by atoms with Gasteiger partial charge in [-0.2, -0.15) is 9.13 Å². The third-order valence-electron chi connectivity index (χ3n) is 2.73. The van der Waals surface area contributed by atoms with Crippen molar-refractivity contribution in [1.29, 1.82) is 0 Å². The van der Waals surface area contributed by atoms with Crippen LogP contribution >= 0.6 is 0 Å². The lowest BCUT2D eigenvalue weighted by Crippen LogP contribution is -2.40. The van der Waals surface area contributed by atoms with Crippen molar-refractivity contribution in [2.75, 3.05) is 0 Å². The van der Waals surface area contributed by atoms with Gasteiger partial charge in [-0.15, -0.1) is 0 Å². The first-order valence-corrected chi connectivity index (χ1v) is 10.3. The highest BCUT2D eigenvalue weighted by Gasteiger charge is 2.04. The van der Waals surface area contributed by atoms with Crippen LogP contribution in [0.3, 0.4) is 0 Å². The van der Waals surface area contributed by atoms with Crippen molar-refractivity contribution in [3.8, 4) is 0 Å². The van der Waals surface area contributed by atoms with Crippen LogP contribution in [0.1, 0.15) is 11.1 Å². The summed E-state index contributed by atoms with van der Waals surface area (Å²) in [6.07, 6.45) is 10.1. The zero-order valence-corrected chi connectivity index (χ0v) is 17.1. The molecule has 0 atom stereocenters. The SMILES string of the molecule is O/N=C\c1cc[n+](COC[n+]2ccc(/C=N\O)cc2)cc1.O=S(=O)([O-])O.O=S(=O)([O-])O. The summed E-state index contributed by atoms with van der Waals surface area (Å²) in [5.41, 5.74) is 1.62. The number of nitrogens with zero attached hydrogens (tertiary/aromatic N) is 4. The van der Waals surface area contributed by atoms with Crippen molar-refractivity contribution in [1.82, 2.24) is 0 Å². The maximum atomic E-state index is 8.63. The lowest BCUT2D eigenvalue weighted by molar-refractivity contribution is -0.788. The first-order valence-electron chi connectivity index (χ1n) is 7.59. The molecule has 17 heteroatoms. The van der Waals surface area contributed by atoms with E-state index in [9.17, 15) is 0 Å². The average Bonchev–Trinajstić information content (AvgIpc) is 2.62. The van der Waals surface area contributed by atoms with Crippen molar-refractivity contribution < 1.29 is 59.3 Å². The molecule has 0 radical (unpaired) electrons. The highest BCUT2D eigenvalue weighted by Crippen LogP contribution is 1.91. The minimum absolute atomic E-state index is 0.406. The maximum absolute atomic E-state index is 8.63. The molecule has 0 aliphatic carbocycles. The molecule has 0 fully saturated rings. The Morgan fingerprint density at radius 1 is 0.774 bits per heavy atom. The standard InChI is InChI=1S/C14H14N4O3.2H2O4S/c19-15-9-13-1-5-17(6-2-13)11-21-12-18-7-3-14(4-8-18)10-16-20;2*1-5(2,3)4/h1-10H,11-12H2;2*(H2,1,2,3,4). The van der Waals surface area contributed by atoms with Gasteiger partial charge in [0.2, 0.25) is 20.8 Å². The molecule has 0 spiro atoms. The summed E-state index contributed by atoms with van der Waals surface area (Å²) in [4.78, 5) is 0. The fraction of sp³-hybridized carbons (Fsp3) is 0.143. The topological polar surface area (TPSA) is 237 Å². The quantitative estimate of drug-likeness (QED) is 0.0924. The largest absolute Gasteiger partial charge is 0.726 e. The summed E-state index contributed by atoms with van der Waals surface area (Å²) < 4.78 is 75.0. The molecule has 0 unspecified atom stereocenters. The van der Waals surface area contributed by atoms with E-state index in [2.05, 4.69) is 10.3 Å². The molecule has 172 valence electrons. The van der Waals surface area contributed by atoms with Crippen molar-refractivity contribution in [3.63, 3.8) is 0 Å². The molecule has 31 heavy (non-hydrogen) atoms. The van der Waals surface area contributed by atoms with E-state index >= 15 is 0 Å². The maximum Gasteiger partial charge on any atom is 0.257 e. The van der Waals surface area contributed by atoms with E-state index < -0.39 is 20.8 Å². The Morgan fingerprint density at radius 3 is 1.26 bits per heavy atom. The Labute approximate surface area is 176 Å². The van der Waals surface area contributed by atoms with Crippen LogP contribution in [0.15, 0.2) is 59.4 Å². The fourth-order valence-electron chi connectivity index (χ4n) is 1.67. The fourth-order valence-corrected chi connectivity index (χ4v) is 1.67. The Hall–Kier alpha value is -3.06. The Kier molecular flexibility index (Phi) is 12.6. The molecule has 2 aromatic rings. The van der Waals surface area contributed by atoms with Crippen LogP contribution in [-0.2, 0) is 39.0 Å². The number of aromatic nitrogens is 2. The van der Waals surface area contributed by atoms with Gasteiger partial charge in [0.1, 0.15) is 0 Å². The van der Waals surface area contributed by atoms with Crippen LogP contribution in [-0.4, -0.2) is 57.9 Å². The lowest BCUT2D eigenvalue weighted by atomic mass is 10.3. The van der Waals surface area contributed by atoms with E-state index in [0.29, 0.717) is 13.5 Å². The summed E-state index contributed by atoms with van der Waals surface area (Å²) >= 11 is 0. The number of hydrogen-bond donors (Lipinski definition) is 4. The van der Waals surface area contributed by atoms with Gasteiger partial charge >= 0.3 is 0 Å². The zero-order chi connectivity index (χ0) is 23.9. The first-order chi connectivity index (χ1) is 14.3. The number of pyridine rings is 2. The van der Waals surface area contributed by atoms with Gasteiger partial charge in [0.05, 0.1) is 12.4 Å². The summed E-state index contributed by atoms with van der Waals surface area (Å²) in [5.74, 6) is 0. The normalized spacial score (nSPS) is 11.5. The highest BCUT2D eigenvalue weighted by atomic mass is 32.3. The van der Waals surface area contributed by atoms with Gasteiger partial charge in [-0.1, -0.05) is 10.3 Å². The van der Waals surface area contributed by atoms with Gasteiger partial charge in [-0.3, -0.25) is 13.8 Å². The molecule has 0 bridgehead atoms. The highest BCUT2D eigenvalue weighted by molar-refractivity contribution is 7.80. The molecule has 2 heterocycles. The predicted octanol–water partition coefficient (Wildman–Crippen LogP) is -1.48. The number of oxime groups is 2. The van der Waals surface area contributed by atoms with E-state index in [1.54, 1.807) is 0 Å². The predicted molar refractivity (Wildman–Crippen MR) is 97.8 cm³/mol. The number of rotatable bonds is 6. The van der Waals surface area contributed by atoms with E-state index in [1.807, 2.05) is 58.2 Å². The molecular formula is C14H18N4O11S2. The van der Waals surface area contributed by atoms with Crippen molar-refractivity contribution in [2.24, 2.45) is 10.3 Å². The first kappa shape index (κ1) is 27.9. The molecule has 0 aliphatic heterocycles. The van der Waals surface area contributed by atoms with Gasteiger partial charge < -0.3 is 19.5 Å². The zero-order valence-electron chi connectivity index (χ0n) is 15.4. The van der Waals surface area contributed by atoms with Gasteiger partial charge in [0, 0.05) is 35.4 Å². The summed E-state index contributed by atoms with van der Waals surface area (Å²) in [6.45, 7) is 0.812. The summed E-state index contributed by atoms with van der Waals surface area (Å²) in [6, 6.07) is 7.27. The van der Waals surface area contributed by atoms with Gasteiger partial charge in [-0.25, -0.2) is 16.8 Å². The van der Waals surface area contributed by atoms with Crippen LogP contribution in [0.2, 0.25) is 0 Å². The summed E-state index contributed by atoms with van der Waals surface area (Å²) in [5, 5.41) is 22.8. The molecule has 2 aromatic heterocycles. The Morgan fingerprint density at radius 2 is 1.03 bits per heavy atom. The summed E-state index contributed by atoms with van der Waals surface area (Å²) in [7, 11) is -9.83. The van der Waals surface area contributed by atoms with Crippen LogP contribution in [0.25, 0.3) is 0 Å². The molecule has 15 nitrogen and oxygen atoms in total.